The second-order valence-corrected chi connectivity index (χ2v) is 14.0. The van der Waals surface area contributed by atoms with Crippen molar-refractivity contribution in [2.75, 3.05) is 0 Å². The summed E-state index contributed by atoms with van der Waals surface area (Å²) in [6.07, 6.45) is 0. The summed E-state index contributed by atoms with van der Waals surface area (Å²) >= 11 is 2.09. The summed E-state index contributed by atoms with van der Waals surface area (Å²) in [5.74, 6) is 0. The molecule has 0 aliphatic heterocycles. The van der Waals surface area contributed by atoms with Crippen molar-refractivity contribution in [1.29, 1.82) is 0 Å². The molecule has 0 fully saturated rings. The molecule has 0 aliphatic carbocycles. The van der Waals surface area contributed by atoms with Gasteiger partial charge in [0.15, 0.2) is 0 Å². The predicted octanol–water partition coefficient (Wildman–Crippen LogP) is 4.78. The van der Waals surface area contributed by atoms with Crippen LogP contribution in [-0.2, 0) is 0 Å². The van der Waals surface area contributed by atoms with Gasteiger partial charge >= 0.3 is 0 Å². The molecule has 78 valence electrons. The van der Waals surface area contributed by atoms with Crippen LogP contribution in [0.3, 0.4) is 0 Å². The Kier molecular flexibility index (Phi) is 3.48. The first-order valence-electron chi connectivity index (χ1n) is 5.07. The van der Waals surface area contributed by atoms with Gasteiger partial charge in [-0.3, -0.25) is 0 Å². The fraction of sp³-hybridized carbons (Fsp3) is 0.500. The predicted molar refractivity (Wildman–Crippen MR) is 69.5 cm³/mol. The maximum absolute atomic E-state index is 2.45. The number of hydrogen-bond donors (Lipinski definition) is 0. The van der Waals surface area contributed by atoms with Gasteiger partial charge in [-0.05, 0) is 17.2 Å². The van der Waals surface area contributed by atoms with Gasteiger partial charge in [0.05, 0.1) is 0 Å². The zero-order valence-electron chi connectivity index (χ0n) is 9.79. The van der Waals surface area contributed by atoms with E-state index in [-0.39, 0.29) is 0 Å². The van der Waals surface area contributed by atoms with Crippen molar-refractivity contribution in [3.05, 3.63) is 30.3 Å². The molecule has 14 heavy (non-hydrogen) atoms. The lowest BCUT2D eigenvalue weighted by Crippen LogP contribution is -2.33. The Labute approximate surface area is 92.8 Å². The Bertz CT molecular complexity index is 285. The Morgan fingerprint density at radius 2 is 1.50 bits per heavy atom. The van der Waals surface area contributed by atoms with Gasteiger partial charge in [-0.1, -0.05) is 52.1 Å². The molecule has 0 nitrogen and oxygen atoms in total. The first kappa shape index (κ1) is 11.9. The standard InChI is InChI=1S/C12H20SSi/c1-12(2,3)14(4,5)13-11-9-7-6-8-10-11/h6-10H,1-5H3. The molecule has 0 atom stereocenters. The zero-order chi connectivity index (χ0) is 10.8. The van der Waals surface area contributed by atoms with Crippen molar-refractivity contribution in [3.63, 3.8) is 0 Å². The maximum Gasteiger partial charge on any atom is 0.122 e. The van der Waals surface area contributed by atoms with Crippen molar-refractivity contribution in [3.8, 4) is 0 Å². The van der Waals surface area contributed by atoms with Gasteiger partial charge in [0.25, 0.3) is 0 Å². The number of benzene rings is 1. The SMILES string of the molecule is CC(C)(C)[Si](C)(C)Sc1ccccc1. The summed E-state index contributed by atoms with van der Waals surface area (Å²) in [5.41, 5.74) is 0. The molecular formula is C12H20SSi. The molecule has 1 rings (SSSR count). The van der Waals surface area contributed by atoms with E-state index in [0.717, 1.165) is 0 Å². The number of rotatable bonds is 2. The molecule has 0 radical (unpaired) electrons. The van der Waals surface area contributed by atoms with Crippen LogP contribution >= 0.6 is 11.2 Å². The van der Waals surface area contributed by atoms with E-state index in [1.54, 1.807) is 0 Å². The molecule has 0 spiro atoms. The van der Waals surface area contributed by atoms with Crippen molar-refractivity contribution >= 4 is 18.4 Å². The third-order valence-corrected chi connectivity index (χ3v) is 11.6. The van der Waals surface area contributed by atoms with Crippen molar-refractivity contribution in [1.82, 2.24) is 0 Å². The minimum atomic E-state index is -1.23. The lowest BCUT2D eigenvalue weighted by atomic mass is 10.2. The van der Waals surface area contributed by atoms with Gasteiger partial charge in [-0.2, -0.15) is 11.2 Å². The Balaban J connectivity index is 2.79. The molecule has 0 amide bonds. The first-order chi connectivity index (χ1) is 6.33. The normalized spacial score (nSPS) is 12.9. The maximum atomic E-state index is 2.45. The molecule has 0 bridgehead atoms. The number of hydrogen-bond acceptors (Lipinski definition) is 1. The van der Waals surface area contributed by atoms with Crippen molar-refractivity contribution in [2.45, 2.75) is 43.8 Å². The molecule has 2 heteroatoms. The van der Waals surface area contributed by atoms with Gasteiger partial charge in [-0.15, -0.1) is 0 Å². The van der Waals surface area contributed by atoms with Gasteiger partial charge in [0, 0.05) is 4.90 Å². The van der Waals surface area contributed by atoms with Crippen LogP contribution in [0.2, 0.25) is 18.1 Å². The average Bonchev–Trinajstić information content (AvgIpc) is 2.03. The summed E-state index contributed by atoms with van der Waals surface area (Å²) in [5, 5.41) is 0.452. The molecule has 0 aromatic heterocycles. The van der Waals surface area contributed by atoms with E-state index in [1.165, 1.54) is 4.90 Å². The van der Waals surface area contributed by atoms with E-state index < -0.39 is 7.22 Å². The third kappa shape index (κ3) is 2.89. The first-order valence-corrected chi connectivity index (χ1v) is 9.61. The van der Waals surface area contributed by atoms with Crippen LogP contribution in [0, 0.1) is 0 Å². The summed E-state index contributed by atoms with van der Waals surface area (Å²) in [7, 11) is -1.23. The molecule has 1 aromatic rings. The van der Waals surface area contributed by atoms with Crippen LogP contribution in [0.25, 0.3) is 0 Å². The summed E-state index contributed by atoms with van der Waals surface area (Å²) in [6, 6.07) is 10.7. The van der Waals surface area contributed by atoms with E-state index in [4.69, 9.17) is 0 Å². The minimum Gasteiger partial charge on any atom is -0.151 e. The fourth-order valence-electron chi connectivity index (χ4n) is 0.936. The molecule has 0 heterocycles. The van der Waals surface area contributed by atoms with E-state index in [0.29, 0.717) is 5.04 Å². The molecule has 0 N–H and O–H groups in total. The van der Waals surface area contributed by atoms with E-state index in [9.17, 15) is 0 Å². The highest BCUT2D eigenvalue weighted by atomic mass is 32.4. The Hall–Kier alpha value is -0.213. The minimum absolute atomic E-state index is 0.452. The molecule has 1 aromatic carbocycles. The highest BCUT2D eigenvalue weighted by Gasteiger charge is 2.36. The second-order valence-electron chi connectivity index (χ2n) is 5.18. The second kappa shape index (κ2) is 4.11. The van der Waals surface area contributed by atoms with Crippen LogP contribution in [0.4, 0.5) is 0 Å². The van der Waals surface area contributed by atoms with E-state index in [2.05, 4.69) is 75.4 Å². The summed E-state index contributed by atoms with van der Waals surface area (Å²) in [6.45, 7) is 12.0. The quantitative estimate of drug-likeness (QED) is 0.651. The van der Waals surface area contributed by atoms with Crippen molar-refractivity contribution < 1.29 is 0 Å². The topological polar surface area (TPSA) is 0 Å². The molecule has 0 unspecified atom stereocenters. The lowest BCUT2D eigenvalue weighted by Gasteiger charge is -2.35. The Morgan fingerprint density at radius 1 is 1.00 bits per heavy atom. The molecule has 0 saturated heterocycles. The average molecular weight is 224 g/mol. The van der Waals surface area contributed by atoms with Gasteiger partial charge in [0.1, 0.15) is 7.22 Å². The van der Waals surface area contributed by atoms with Gasteiger partial charge in [-0.25, -0.2) is 0 Å². The summed E-state index contributed by atoms with van der Waals surface area (Å²) in [4.78, 5) is 1.42. The largest absolute Gasteiger partial charge is 0.151 e. The van der Waals surface area contributed by atoms with E-state index in [1.807, 2.05) is 0 Å². The summed E-state index contributed by atoms with van der Waals surface area (Å²) < 4.78 is 0. The van der Waals surface area contributed by atoms with Crippen LogP contribution < -0.4 is 0 Å². The van der Waals surface area contributed by atoms with Gasteiger partial charge < -0.3 is 0 Å². The van der Waals surface area contributed by atoms with Crippen LogP contribution in [0.5, 0.6) is 0 Å². The lowest BCUT2D eigenvalue weighted by molar-refractivity contribution is 0.736. The zero-order valence-corrected chi connectivity index (χ0v) is 11.6. The Morgan fingerprint density at radius 3 is 1.93 bits per heavy atom. The third-order valence-electron chi connectivity index (χ3n) is 2.92. The van der Waals surface area contributed by atoms with Crippen molar-refractivity contribution in [2.24, 2.45) is 0 Å². The fourth-order valence-corrected chi connectivity index (χ4v) is 5.22. The van der Waals surface area contributed by atoms with E-state index >= 15 is 0 Å². The monoisotopic (exact) mass is 224 g/mol. The van der Waals surface area contributed by atoms with Crippen LogP contribution in [-0.4, -0.2) is 7.22 Å². The molecule has 0 aliphatic rings. The highest BCUT2D eigenvalue weighted by molar-refractivity contribution is 8.29. The smallest absolute Gasteiger partial charge is 0.122 e. The van der Waals surface area contributed by atoms with Crippen LogP contribution in [0.1, 0.15) is 20.8 Å². The van der Waals surface area contributed by atoms with Gasteiger partial charge in [0.2, 0.25) is 0 Å². The highest BCUT2D eigenvalue weighted by Crippen LogP contribution is 2.46. The molecular weight excluding hydrogens is 204 g/mol. The van der Waals surface area contributed by atoms with Crippen LogP contribution in [0.15, 0.2) is 35.2 Å². The molecule has 0 saturated carbocycles.